The van der Waals surface area contributed by atoms with Crippen LogP contribution in [0, 0.1) is 5.92 Å². The minimum Gasteiger partial charge on any atom is -0.487 e. The number of rotatable bonds is 9. The fourth-order valence-corrected chi connectivity index (χ4v) is 3.47. The van der Waals surface area contributed by atoms with Crippen LogP contribution < -0.4 is 15.3 Å². The Hall–Kier alpha value is -2.77. The van der Waals surface area contributed by atoms with Gasteiger partial charge in [-0.15, -0.1) is 0 Å². The van der Waals surface area contributed by atoms with Crippen LogP contribution in [0.1, 0.15) is 43.0 Å². The van der Waals surface area contributed by atoms with Crippen LogP contribution in [-0.4, -0.2) is 92.9 Å². The number of hydrogen-bond donors (Lipinski definition) is 2. The van der Waals surface area contributed by atoms with Gasteiger partial charge in [0.25, 0.3) is 5.91 Å². The van der Waals surface area contributed by atoms with Crippen molar-refractivity contribution in [1.82, 2.24) is 10.1 Å². The first-order valence-electron chi connectivity index (χ1n) is 12.1. The van der Waals surface area contributed by atoms with Crippen LogP contribution in [0.25, 0.3) is 0 Å². The van der Waals surface area contributed by atoms with Crippen LogP contribution in [0.15, 0.2) is 18.2 Å². The molecule has 1 aliphatic rings. The average molecular weight is 512 g/mol. The molecule has 0 aliphatic carbocycles. The van der Waals surface area contributed by atoms with Gasteiger partial charge < -0.3 is 23.7 Å². The Balaban J connectivity index is 2.14. The topological polar surface area (TPSA) is 150 Å². The molecule has 0 saturated heterocycles. The van der Waals surface area contributed by atoms with Crippen LogP contribution in [0.3, 0.4) is 0 Å². The normalized spacial score (nSPS) is 16.2. The molecule has 0 aromatic heterocycles. The van der Waals surface area contributed by atoms with E-state index in [2.05, 4.69) is 0 Å². The number of hydroxylamine groups is 2. The second-order valence-electron chi connectivity index (χ2n) is 8.13. The Bertz CT molecular complexity index is 824. The summed E-state index contributed by atoms with van der Waals surface area (Å²) in [5.74, 6) is 4.31. The lowest BCUT2D eigenvalue weighted by Crippen LogP contribution is -2.48. The molecule has 3 N–H and O–H groups in total. The van der Waals surface area contributed by atoms with Gasteiger partial charge in [0.2, 0.25) is 12.3 Å². The number of nitrogens with two attached hydrogens (primary N) is 1. The summed E-state index contributed by atoms with van der Waals surface area (Å²) in [5.41, 5.74) is 0.111. The monoisotopic (exact) mass is 511 g/mol. The predicted molar refractivity (Wildman–Crippen MR) is 127 cm³/mol. The summed E-state index contributed by atoms with van der Waals surface area (Å²) in [7, 11) is 0. The lowest BCUT2D eigenvalue weighted by atomic mass is 9.99. The van der Waals surface area contributed by atoms with Crippen LogP contribution >= 0.6 is 0 Å². The van der Waals surface area contributed by atoms with Crippen molar-refractivity contribution in [2.75, 3.05) is 59.4 Å². The van der Waals surface area contributed by atoms with Gasteiger partial charge in [-0.05, 0) is 24.6 Å². The van der Waals surface area contributed by atoms with Crippen molar-refractivity contribution >= 4 is 18.2 Å². The summed E-state index contributed by atoms with van der Waals surface area (Å²) in [6.45, 7) is 4.59. The van der Waals surface area contributed by atoms with E-state index in [-0.39, 0.29) is 31.7 Å². The van der Waals surface area contributed by atoms with Crippen molar-refractivity contribution in [2.24, 2.45) is 11.8 Å². The number of unbranched alkanes of at least 4 members (excludes halogenated alkanes) is 2. The van der Waals surface area contributed by atoms with Crippen molar-refractivity contribution in [3.8, 4) is 11.5 Å². The van der Waals surface area contributed by atoms with E-state index in [0.717, 1.165) is 12.8 Å². The third-order valence-electron chi connectivity index (χ3n) is 5.40. The fourth-order valence-electron chi connectivity index (χ4n) is 3.47. The van der Waals surface area contributed by atoms with Crippen LogP contribution in [0.2, 0.25) is 0 Å². The first kappa shape index (κ1) is 29.5. The molecule has 0 radical (unpaired) electrons. The molecular weight excluding hydrogens is 474 g/mol. The molecule has 36 heavy (non-hydrogen) atoms. The third kappa shape index (κ3) is 10.1. The standard InChI is InChI=1S/C24H37N3O9/c1-2-3-4-5-20(17-26(31)18-28)24(30)27(25)23(29)19-6-7-21-22(16-19)36-15-13-34-11-9-32-8-10-33-12-14-35-21/h6-7,16,18,20,31H,2-5,8-15,17,25H2,1H3/t20-/m1/s1. The maximum absolute atomic E-state index is 13.0. The van der Waals surface area contributed by atoms with Crippen LogP contribution in [0.5, 0.6) is 11.5 Å². The van der Waals surface area contributed by atoms with Gasteiger partial charge in [-0.25, -0.2) is 15.9 Å². The van der Waals surface area contributed by atoms with Crippen LogP contribution in [0.4, 0.5) is 0 Å². The Kier molecular flexibility index (Phi) is 13.8. The summed E-state index contributed by atoms with van der Waals surface area (Å²) in [5, 5.41) is 10.5. The molecule has 1 aromatic carbocycles. The van der Waals surface area contributed by atoms with Crippen molar-refractivity contribution in [3.05, 3.63) is 23.8 Å². The van der Waals surface area contributed by atoms with Crippen molar-refractivity contribution < 1.29 is 43.3 Å². The summed E-state index contributed by atoms with van der Waals surface area (Å²) in [4.78, 5) is 36.9. The number of ether oxygens (including phenoxy) is 5. The van der Waals surface area contributed by atoms with E-state index in [1.54, 1.807) is 6.07 Å². The van der Waals surface area contributed by atoms with Gasteiger partial charge in [0.1, 0.15) is 13.2 Å². The van der Waals surface area contributed by atoms with E-state index < -0.39 is 17.7 Å². The molecule has 0 fully saturated rings. The zero-order valence-electron chi connectivity index (χ0n) is 20.8. The van der Waals surface area contributed by atoms with E-state index in [1.807, 2.05) is 6.92 Å². The number of hydrazine groups is 1. The Morgan fingerprint density at radius 2 is 1.56 bits per heavy atom. The molecular formula is C24H37N3O9. The molecule has 1 aliphatic heterocycles. The van der Waals surface area contributed by atoms with E-state index >= 15 is 0 Å². The van der Waals surface area contributed by atoms with E-state index in [1.165, 1.54) is 12.1 Å². The number of hydrogen-bond acceptors (Lipinski definition) is 10. The van der Waals surface area contributed by atoms with Crippen molar-refractivity contribution in [2.45, 2.75) is 32.6 Å². The number of benzene rings is 1. The molecule has 3 amide bonds. The number of nitrogens with zero attached hydrogens (tertiary/aromatic N) is 2. The highest BCUT2D eigenvalue weighted by atomic mass is 16.6. The first-order valence-corrected chi connectivity index (χ1v) is 12.1. The minimum atomic E-state index is -0.831. The molecule has 202 valence electrons. The lowest BCUT2D eigenvalue weighted by Gasteiger charge is -2.24. The maximum Gasteiger partial charge on any atom is 0.275 e. The number of amides is 3. The zero-order chi connectivity index (χ0) is 26.2. The molecule has 12 heteroatoms. The third-order valence-corrected chi connectivity index (χ3v) is 5.40. The largest absolute Gasteiger partial charge is 0.487 e. The second kappa shape index (κ2) is 16.8. The highest BCUT2D eigenvalue weighted by Gasteiger charge is 2.29. The molecule has 0 bridgehead atoms. The van der Waals surface area contributed by atoms with Crippen molar-refractivity contribution in [3.63, 3.8) is 0 Å². The van der Waals surface area contributed by atoms with Gasteiger partial charge in [-0.1, -0.05) is 26.2 Å². The van der Waals surface area contributed by atoms with Gasteiger partial charge in [0.15, 0.2) is 11.5 Å². The lowest BCUT2D eigenvalue weighted by molar-refractivity contribution is -0.156. The smallest absolute Gasteiger partial charge is 0.275 e. The van der Waals surface area contributed by atoms with Gasteiger partial charge in [0.05, 0.1) is 52.1 Å². The van der Waals surface area contributed by atoms with Crippen molar-refractivity contribution in [1.29, 1.82) is 0 Å². The zero-order valence-corrected chi connectivity index (χ0v) is 20.8. The van der Waals surface area contributed by atoms with E-state index in [4.69, 9.17) is 29.5 Å². The Labute approximate surface area is 211 Å². The molecule has 0 spiro atoms. The van der Waals surface area contributed by atoms with E-state index in [9.17, 15) is 19.6 Å². The van der Waals surface area contributed by atoms with Gasteiger partial charge in [-0.3, -0.25) is 19.6 Å². The number of imide groups is 1. The van der Waals surface area contributed by atoms with Gasteiger partial charge in [0, 0.05) is 5.56 Å². The fraction of sp³-hybridized carbons (Fsp3) is 0.625. The Morgan fingerprint density at radius 1 is 0.972 bits per heavy atom. The quantitative estimate of drug-likeness (QED) is 0.124. The highest BCUT2D eigenvalue weighted by molar-refractivity contribution is 6.05. The molecule has 1 heterocycles. The summed E-state index contributed by atoms with van der Waals surface area (Å²) < 4.78 is 27.8. The number of carbonyl (C=O) groups excluding carboxylic acids is 3. The second-order valence-corrected chi connectivity index (χ2v) is 8.13. The number of carbonyl (C=O) groups is 3. The molecule has 1 atom stereocenters. The Morgan fingerprint density at radius 3 is 2.14 bits per heavy atom. The highest BCUT2D eigenvalue weighted by Crippen LogP contribution is 2.29. The average Bonchev–Trinajstić information content (AvgIpc) is 2.90. The summed E-state index contributed by atoms with van der Waals surface area (Å²) >= 11 is 0. The summed E-state index contributed by atoms with van der Waals surface area (Å²) in [6.07, 6.45) is 3.04. The molecule has 0 unspecified atom stereocenters. The van der Waals surface area contributed by atoms with Gasteiger partial charge >= 0.3 is 0 Å². The van der Waals surface area contributed by atoms with E-state index in [0.29, 0.717) is 74.1 Å². The molecule has 1 aromatic rings. The van der Waals surface area contributed by atoms with Gasteiger partial charge in [-0.2, -0.15) is 0 Å². The minimum absolute atomic E-state index is 0.111. The first-order chi connectivity index (χ1) is 17.5. The molecule has 2 rings (SSSR count). The predicted octanol–water partition coefficient (Wildman–Crippen LogP) is 1.39. The molecule has 0 saturated carbocycles. The SMILES string of the molecule is CCCCC[C@H](CN(O)C=O)C(=O)N(N)C(=O)c1ccc2c(c1)OCCOCCOCCOCCO2. The molecule has 12 nitrogen and oxygen atoms in total. The number of fused-ring (bicyclic) bond motifs is 1. The summed E-state index contributed by atoms with van der Waals surface area (Å²) in [6, 6.07) is 4.49. The van der Waals surface area contributed by atoms with Crippen LogP contribution in [-0.2, 0) is 23.8 Å². The maximum atomic E-state index is 13.0.